The molecule has 0 bridgehead atoms. The monoisotopic (exact) mass is 291 g/mol. The van der Waals surface area contributed by atoms with Gasteiger partial charge in [-0.05, 0) is 43.2 Å². The van der Waals surface area contributed by atoms with Gasteiger partial charge in [0.15, 0.2) is 0 Å². The first-order valence-corrected chi connectivity index (χ1v) is 7.41. The van der Waals surface area contributed by atoms with E-state index in [1.54, 1.807) is 30.8 Å². The van der Waals surface area contributed by atoms with Gasteiger partial charge in [0.1, 0.15) is 11.6 Å². The third-order valence-corrected chi connectivity index (χ3v) is 4.54. The van der Waals surface area contributed by atoms with Gasteiger partial charge in [0.25, 0.3) is 5.91 Å². The van der Waals surface area contributed by atoms with Crippen molar-refractivity contribution >= 4 is 17.7 Å². The van der Waals surface area contributed by atoms with E-state index >= 15 is 0 Å². The first-order chi connectivity index (χ1) is 9.65. The summed E-state index contributed by atoms with van der Waals surface area (Å²) in [4.78, 5) is 13.3. The van der Waals surface area contributed by atoms with E-state index in [4.69, 9.17) is 4.42 Å². The molecule has 1 aliphatic rings. The number of carbonyl (C=O) groups excluding carboxylic acids is 1. The van der Waals surface area contributed by atoms with E-state index in [1.807, 2.05) is 0 Å². The molecule has 1 aromatic carbocycles. The van der Waals surface area contributed by atoms with Crippen LogP contribution in [0.25, 0.3) is 0 Å². The Morgan fingerprint density at radius 2 is 2.30 bits per heavy atom. The summed E-state index contributed by atoms with van der Waals surface area (Å²) in [7, 11) is 0. The molecule has 2 heterocycles. The number of fused-ring (bicyclic) bond motifs is 1. The number of rotatable bonds is 2. The molecule has 0 aliphatic carbocycles. The van der Waals surface area contributed by atoms with Crippen LogP contribution in [-0.4, -0.2) is 11.7 Å². The molecule has 1 N–H and O–H groups in total. The summed E-state index contributed by atoms with van der Waals surface area (Å²) in [6.45, 7) is 1.75. The Hall–Kier alpha value is -1.75. The maximum atomic E-state index is 13.4. The predicted octanol–water partition coefficient (Wildman–Crippen LogP) is 3.69. The maximum absolute atomic E-state index is 13.4. The fourth-order valence-electron chi connectivity index (χ4n) is 2.37. The van der Waals surface area contributed by atoms with Crippen LogP contribution in [0.5, 0.6) is 0 Å². The Bertz CT molecular complexity index is 653. The minimum atomic E-state index is -0.273. The summed E-state index contributed by atoms with van der Waals surface area (Å²) in [6.07, 6.45) is 2.29. The highest BCUT2D eigenvalue weighted by molar-refractivity contribution is 7.99. The Labute approximate surface area is 120 Å². The van der Waals surface area contributed by atoms with Gasteiger partial charge >= 0.3 is 0 Å². The van der Waals surface area contributed by atoms with Crippen LogP contribution < -0.4 is 5.32 Å². The van der Waals surface area contributed by atoms with Crippen LogP contribution in [0.1, 0.15) is 34.1 Å². The largest absolute Gasteiger partial charge is 0.469 e. The molecule has 20 heavy (non-hydrogen) atoms. The number of halogens is 1. The lowest BCUT2D eigenvalue weighted by atomic mass is 10.0. The highest BCUT2D eigenvalue weighted by Gasteiger charge is 2.24. The van der Waals surface area contributed by atoms with Gasteiger partial charge in [0.05, 0.1) is 17.9 Å². The maximum Gasteiger partial charge on any atom is 0.255 e. The van der Waals surface area contributed by atoms with E-state index in [-0.39, 0.29) is 17.8 Å². The van der Waals surface area contributed by atoms with E-state index in [0.717, 1.165) is 22.6 Å². The van der Waals surface area contributed by atoms with Crippen molar-refractivity contribution in [3.05, 3.63) is 53.2 Å². The summed E-state index contributed by atoms with van der Waals surface area (Å²) in [5.74, 6) is 1.05. The number of amides is 1. The van der Waals surface area contributed by atoms with Crippen LogP contribution >= 0.6 is 11.8 Å². The molecule has 3 nitrogen and oxygen atoms in total. The molecule has 0 fully saturated rings. The number of furan rings is 1. The summed E-state index contributed by atoms with van der Waals surface area (Å²) >= 11 is 1.69. The van der Waals surface area contributed by atoms with Crippen LogP contribution in [0.3, 0.4) is 0 Å². The van der Waals surface area contributed by atoms with Crippen molar-refractivity contribution in [1.29, 1.82) is 0 Å². The Kier molecular flexibility index (Phi) is 3.53. The minimum Gasteiger partial charge on any atom is -0.469 e. The van der Waals surface area contributed by atoms with E-state index < -0.39 is 0 Å². The topological polar surface area (TPSA) is 42.2 Å². The second-order valence-electron chi connectivity index (χ2n) is 4.74. The summed E-state index contributed by atoms with van der Waals surface area (Å²) < 4.78 is 18.5. The second-order valence-corrected chi connectivity index (χ2v) is 5.87. The molecule has 0 saturated heterocycles. The van der Waals surface area contributed by atoms with E-state index in [2.05, 4.69) is 5.32 Å². The smallest absolute Gasteiger partial charge is 0.255 e. The van der Waals surface area contributed by atoms with Gasteiger partial charge in [-0.3, -0.25) is 4.79 Å². The fraction of sp³-hybridized carbons (Fsp3) is 0.267. The van der Waals surface area contributed by atoms with Crippen LogP contribution in [0.15, 0.2) is 39.8 Å². The van der Waals surface area contributed by atoms with Gasteiger partial charge in [-0.1, -0.05) is 0 Å². The zero-order chi connectivity index (χ0) is 14.1. The molecule has 1 aromatic heterocycles. The van der Waals surface area contributed by atoms with Crippen molar-refractivity contribution in [3.8, 4) is 0 Å². The van der Waals surface area contributed by atoms with Gasteiger partial charge in [-0.2, -0.15) is 0 Å². The van der Waals surface area contributed by atoms with Gasteiger partial charge in [-0.15, -0.1) is 11.8 Å². The number of carbonyl (C=O) groups is 1. The number of hydrogen-bond donors (Lipinski definition) is 1. The number of hydrogen-bond acceptors (Lipinski definition) is 3. The van der Waals surface area contributed by atoms with E-state index in [9.17, 15) is 9.18 Å². The molecule has 5 heteroatoms. The van der Waals surface area contributed by atoms with Crippen LogP contribution in [0.2, 0.25) is 0 Å². The first-order valence-electron chi connectivity index (χ1n) is 6.42. The van der Waals surface area contributed by atoms with Crippen molar-refractivity contribution in [2.45, 2.75) is 24.3 Å². The second kappa shape index (κ2) is 5.32. The molecule has 104 valence electrons. The fourth-order valence-corrected chi connectivity index (χ4v) is 3.48. The molecule has 0 radical (unpaired) electrons. The number of benzene rings is 1. The average molecular weight is 291 g/mol. The number of nitrogens with one attached hydrogen (secondary N) is 1. The molecule has 0 spiro atoms. The third-order valence-electron chi connectivity index (χ3n) is 3.42. The normalized spacial score (nSPS) is 17.6. The molecular weight excluding hydrogens is 277 g/mol. The lowest BCUT2D eigenvalue weighted by Gasteiger charge is -2.25. The quantitative estimate of drug-likeness (QED) is 0.917. The van der Waals surface area contributed by atoms with E-state index in [0.29, 0.717) is 11.3 Å². The molecular formula is C15H14FNO2S. The highest BCUT2D eigenvalue weighted by atomic mass is 32.2. The zero-order valence-electron chi connectivity index (χ0n) is 11.0. The Morgan fingerprint density at radius 3 is 3.05 bits per heavy atom. The Morgan fingerprint density at radius 1 is 1.45 bits per heavy atom. The zero-order valence-corrected chi connectivity index (χ0v) is 11.8. The summed E-state index contributed by atoms with van der Waals surface area (Å²) in [6, 6.07) is 6.24. The molecule has 1 unspecified atom stereocenters. The average Bonchev–Trinajstić information content (AvgIpc) is 2.86. The molecule has 1 aliphatic heterocycles. The summed E-state index contributed by atoms with van der Waals surface area (Å²) in [5, 5.41) is 2.97. The standard InChI is InChI=1S/C15H14FNO2S/c1-9-11(4-6-19-9)15(18)17-13-5-7-20-14-3-2-10(16)8-12(13)14/h2-4,6,8,13H,5,7H2,1H3,(H,17,18). The van der Waals surface area contributed by atoms with Crippen LogP contribution in [0, 0.1) is 12.7 Å². The number of aryl methyl sites for hydroxylation is 1. The predicted molar refractivity (Wildman–Crippen MR) is 75.4 cm³/mol. The first kappa shape index (κ1) is 13.2. The molecule has 3 rings (SSSR count). The Balaban J connectivity index is 1.85. The minimum absolute atomic E-state index is 0.149. The van der Waals surface area contributed by atoms with Crippen LogP contribution in [0.4, 0.5) is 4.39 Å². The van der Waals surface area contributed by atoms with Gasteiger partial charge in [0, 0.05) is 10.6 Å². The van der Waals surface area contributed by atoms with Gasteiger partial charge < -0.3 is 9.73 Å². The van der Waals surface area contributed by atoms with Gasteiger partial charge in [-0.25, -0.2) is 4.39 Å². The highest BCUT2D eigenvalue weighted by Crippen LogP contribution is 2.36. The van der Waals surface area contributed by atoms with Crippen molar-refractivity contribution in [1.82, 2.24) is 5.32 Å². The van der Waals surface area contributed by atoms with E-state index in [1.165, 1.54) is 18.4 Å². The lowest BCUT2D eigenvalue weighted by molar-refractivity contribution is 0.0933. The molecule has 1 amide bonds. The van der Waals surface area contributed by atoms with Crippen molar-refractivity contribution in [3.63, 3.8) is 0 Å². The molecule has 2 aromatic rings. The lowest BCUT2D eigenvalue weighted by Crippen LogP contribution is -2.30. The van der Waals surface area contributed by atoms with Crippen molar-refractivity contribution < 1.29 is 13.6 Å². The molecule has 0 saturated carbocycles. The van der Waals surface area contributed by atoms with Crippen LogP contribution in [-0.2, 0) is 0 Å². The third kappa shape index (κ3) is 2.45. The summed E-state index contributed by atoms with van der Waals surface area (Å²) in [5.41, 5.74) is 1.39. The SMILES string of the molecule is Cc1occc1C(=O)NC1CCSc2ccc(F)cc21. The molecule has 1 atom stereocenters. The van der Waals surface area contributed by atoms with Gasteiger partial charge in [0.2, 0.25) is 0 Å². The van der Waals surface area contributed by atoms with Crippen molar-refractivity contribution in [2.24, 2.45) is 0 Å². The van der Waals surface area contributed by atoms with Crippen molar-refractivity contribution in [2.75, 3.05) is 5.75 Å². The number of thioether (sulfide) groups is 1.